The Morgan fingerprint density at radius 2 is 1.94 bits per heavy atom. The quantitative estimate of drug-likeness (QED) is 0.643. The van der Waals surface area contributed by atoms with Crippen molar-refractivity contribution in [3.63, 3.8) is 0 Å². The lowest BCUT2D eigenvalue weighted by Crippen LogP contribution is -1.97. The fraction of sp³-hybridized carbons (Fsp3) is 0.125. The summed E-state index contributed by atoms with van der Waals surface area (Å²) in [6.45, 7) is 3.04. The Bertz CT molecular complexity index is 697. The lowest BCUT2D eigenvalue weighted by Gasteiger charge is -2.06. The number of aryl methyl sites for hydroxylation is 1. The molecule has 0 saturated carbocycles. The van der Waals surface area contributed by atoms with Gasteiger partial charge in [0.05, 0.1) is 0 Å². The van der Waals surface area contributed by atoms with Gasteiger partial charge in [-0.15, -0.1) is 0 Å². The van der Waals surface area contributed by atoms with Gasteiger partial charge in [0.1, 0.15) is 0 Å². The van der Waals surface area contributed by atoms with Crippen LogP contribution >= 0.6 is 15.9 Å². The first-order chi connectivity index (χ1) is 8.72. The first-order valence-electron chi connectivity index (χ1n) is 6.02. The summed E-state index contributed by atoms with van der Waals surface area (Å²) in [5.74, 6) is 0. The molecule has 1 aromatic heterocycles. The maximum Gasteiger partial charge on any atom is 0.0486 e. The summed E-state index contributed by atoms with van der Waals surface area (Å²) in [6, 6.07) is 17.2. The van der Waals surface area contributed by atoms with Crippen LogP contribution in [0.1, 0.15) is 11.1 Å². The van der Waals surface area contributed by atoms with Crippen molar-refractivity contribution in [1.82, 2.24) is 4.57 Å². The molecule has 0 radical (unpaired) electrons. The van der Waals surface area contributed by atoms with Crippen molar-refractivity contribution in [2.45, 2.75) is 13.5 Å². The molecule has 0 fully saturated rings. The molecule has 0 aliphatic heterocycles. The molecule has 1 nitrogen and oxygen atoms in total. The fourth-order valence-corrected chi connectivity index (χ4v) is 2.71. The number of benzene rings is 2. The number of hydrogen-bond donors (Lipinski definition) is 0. The molecular formula is C16H14BrN. The molecule has 0 saturated heterocycles. The molecule has 0 unspecified atom stereocenters. The van der Waals surface area contributed by atoms with E-state index in [0.29, 0.717) is 0 Å². The zero-order valence-corrected chi connectivity index (χ0v) is 11.8. The van der Waals surface area contributed by atoms with E-state index in [2.05, 4.69) is 82.1 Å². The van der Waals surface area contributed by atoms with Gasteiger partial charge in [0.25, 0.3) is 0 Å². The third kappa shape index (κ3) is 2.21. The van der Waals surface area contributed by atoms with E-state index in [1.165, 1.54) is 22.0 Å². The van der Waals surface area contributed by atoms with Gasteiger partial charge in [0, 0.05) is 22.7 Å². The Kier molecular flexibility index (Phi) is 2.96. The molecule has 0 aliphatic carbocycles. The molecule has 0 spiro atoms. The van der Waals surface area contributed by atoms with Crippen LogP contribution < -0.4 is 0 Å². The second-order valence-corrected chi connectivity index (χ2v) is 5.55. The summed E-state index contributed by atoms with van der Waals surface area (Å²) in [5, 5.41) is 1.30. The highest BCUT2D eigenvalue weighted by Crippen LogP contribution is 2.20. The van der Waals surface area contributed by atoms with Crippen LogP contribution in [0.15, 0.2) is 59.2 Å². The Labute approximate surface area is 115 Å². The third-order valence-corrected chi connectivity index (χ3v) is 3.66. The van der Waals surface area contributed by atoms with Crippen molar-refractivity contribution in [2.75, 3.05) is 0 Å². The predicted octanol–water partition coefficient (Wildman–Crippen LogP) is 4.76. The lowest BCUT2D eigenvalue weighted by molar-refractivity contribution is 0.836. The van der Waals surface area contributed by atoms with E-state index in [-0.39, 0.29) is 0 Å². The zero-order valence-electron chi connectivity index (χ0n) is 10.2. The maximum atomic E-state index is 3.52. The molecule has 2 heteroatoms. The minimum absolute atomic E-state index is 0.909. The average molecular weight is 300 g/mol. The topological polar surface area (TPSA) is 4.93 Å². The standard InChI is InChI=1S/C16H14BrN/c1-12-5-6-14-7-8-18(16(14)9-12)11-13-3-2-4-15(17)10-13/h2-10H,11H2,1H3. The van der Waals surface area contributed by atoms with Crippen LogP contribution in [0.4, 0.5) is 0 Å². The van der Waals surface area contributed by atoms with Gasteiger partial charge >= 0.3 is 0 Å². The monoisotopic (exact) mass is 299 g/mol. The molecule has 0 atom stereocenters. The average Bonchev–Trinajstić information content (AvgIpc) is 2.72. The highest BCUT2D eigenvalue weighted by Gasteiger charge is 2.02. The molecule has 3 aromatic rings. The maximum absolute atomic E-state index is 3.52. The Morgan fingerprint density at radius 1 is 1.06 bits per heavy atom. The van der Waals surface area contributed by atoms with E-state index < -0.39 is 0 Å². The van der Waals surface area contributed by atoms with Gasteiger partial charge in [-0.3, -0.25) is 0 Å². The van der Waals surface area contributed by atoms with Crippen molar-refractivity contribution in [3.8, 4) is 0 Å². The summed E-state index contributed by atoms with van der Waals surface area (Å²) in [4.78, 5) is 0. The molecule has 1 heterocycles. The number of halogens is 1. The molecule has 18 heavy (non-hydrogen) atoms. The highest BCUT2D eigenvalue weighted by molar-refractivity contribution is 9.10. The van der Waals surface area contributed by atoms with Crippen LogP contribution in [0.3, 0.4) is 0 Å². The van der Waals surface area contributed by atoms with Gasteiger partial charge < -0.3 is 4.57 Å². The largest absolute Gasteiger partial charge is 0.343 e. The normalized spacial score (nSPS) is 11.0. The number of nitrogens with zero attached hydrogens (tertiary/aromatic N) is 1. The second-order valence-electron chi connectivity index (χ2n) is 4.64. The number of aromatic nitrogens is 1. The summed E-state index contributed by atoms with van der Waals surface area (Å²) in [5.41, 5.74) is 3.91. The minimum atomic E-state index is 0.909. The molecule has 0 aliphatic rings. The van der Waals surface area contributed by atoms with Crippen LogP contribution in [0.2, 0.25) is 0 Å². The van der Waals surface area contributed by atoms with E-state index in [9.17, 15) is 0 Å². The third-order valence-electron chi connectivity index (χ3n) is 3.17. The van der Waals surface area contributed by atoms with E-state index in [0.717, 1.165) is 11.0 Å². The van der Waals surface area contributed by atoms with Crippen LogP contribution in [-0.2, 0) is 6.54 Å². The fourth-order valence-electron chi connectivity index (χ4n) is 2.26. The van der Waals surface area contributed by atoms with Gasteiger partial charge in [-0.25, -0.2) is 0 Å². The predicted molar refractivity (Wildman–Crippen MR) is 79.9 cm³/mol. The van der Waals surface area contributed by atoms with Crippen molar-refractivity contribution >= 4 is 26.8 Å². The zero-order chi connectivity index (χ0) is 12.5. The molecule has 0 bridgehead atoms. The van der Waals surface area contributed by atoms with E-state index in [1.54, 1.807) is 0 Å². The number of fused-ring (bicyclic) bond motifs is 1. The van der Waals surface area contributed by atoms with E-state index in [4.69, 9.17) is 0 Å². The van der Waals surface area contributed by atoms with Crippen molar-refractivity contribution < 1.29 is 0 Å². The van der Waals surface area contributed by atoms with Crippen molar-refractivity contribution in [2.24, 2.45) is 0 Å². The van der Waals surface area contributed by atoms with Gasteiger partial charge in [-0.2, -0.15) is 0 Å². The molecule has 3 rings (SSSR count). The van der Waals surface area contributed by atoms with E-state index >= 15 is 0 Å². The second kappa shape index (κ2) is 4.62. The van der Waals surface area contributed by atoms with Crippen LogP contribution in [0, 0.1) is 6.92 Å². The van der Waals surface area contributed by atoms with Gasteiger partial charge in [-0.1, -0.05) is 40.2 Å². The molecule has 2 aromatic carbocycles. The summed E-state index contributed by atoms with van der Waals surface area (Å²) in [7, 11) is 0. The summed E-state index contributed by atoms with van der Waals surface area (Å²) >= 11 is 3.52. The number of rotatable bonds is 2. The SMILES string of the molecule is Cc1ccc2ccn(Cc3cccc(Br)c3)c2c1. The van der Waals surface area contributed by atoms with Crippen molar-refractivity contribution in [3.05, 3.63) is 70.3 Å². The van der Waals surface area contributed by atoms with E-state index in [1.807, 2.05) is 0 Å². The minimum Gasteiger partial charge on any atom is -0.343 e. The Morgan fingerprint density at radius 3 is 2.78 bits per heavy atom. The Balaban J connectivity index is 2.02. The first-order valence-corrected chi connectivity index (χ1v) is 6.81. The first kappa shape index (κ1) is 11.5. The smallest absolute Gasteiger partial charge is 0.0486 e. The molecule has 0 N–H and O–H groups in total. The lowest BCUT2D eigenvalue weighted by atomic mass is 10.2. The van der Waals surface area contributed by atoms with Crippen LogP contribution in [0.25, 0.3) is 10.9 Å². The molecule has 90 valence electrons. The number of hydrogen-bond acceptors (Lipinski definition) is 0. The van der Waals surface area contributed by atoms with Crippen LogP contribution in [-0.4, -0.2) is 4.57 Å². The molecular weight excluding hydrogens is 286 g/mol. The van der Waals surface area contributed by atoms with Crippen molar-refractivity contribution in [1.29, 1.82) is 0 Å². The molecule has 0 amide bonds. The van der Waals surface area contributed by atoms with Crippen LogP contribution in [0.5, 0.6) is 0 Å². The summed E-state index contributed by atoms with van der Waals surface area (Å²) < 4.78 is 3.43. The van der Waals surface area contributed by atoms with Gasteiger partial charge in [-0.05, 0) is 47.7 Å². The highest BCUT2D eigenvalue weighted by atomic mass is 79.9. The van der Waals surface area contributed by atoms with Gasteiger partial charge in [0.2, 0.25) is 0 Å². The summed E-state index contributed by atoms with van der Waals surface area (Å²) in [6.07, 6.45) is 2.16. The Hall–Kier alpha value is -1.54. The van der Waals surface area contributed by atoms with Gasteiger partial charge in [0.15, 0.2) is 0 Å².